The Kier molecular flexibility index (Phi) is 4.81. The fourth-order valence-corrected chi connectivity index (χ4v) is 3.50. The smallest absolute Gasteiger partial charge is 0.243 e. The molecule has 1 aromatic heterocycles. The Balaban J connectivity index is 1.63. The number of likely N-dealkylation sites (tertiary alicyclic amines) is 1. The van der Waals surface area contributed by atoms with Crippen LogP contribution in [0, 0.1) is 26.7 Å². The van der Waals surface area contributed by atoms with Crippen LogP contribution in [-0.4, -0.2) is 33.9 Å². The molecule has 0 bridgehead atoms. The lowest BCUT2D eigenvalue weighted by Gasteiger charge is -2.34. The van der Waals surface area contributed by atoms with Crippen LogP contribution in [0.3, 0.4) is 0 Å². The van der Waals surface area contributed by atoms with E-state index in [1.54, 1.807) is 0 Å². The average Bonchev–Trinajstić information content (AvgIpc) is 3.00. The second-order valence-corrected chi connectivity index (χ2v) is 6.85. The summed E-state index contributed by atoms with van der Waals surface area (Å²) in [7, 11) is 0. The molecule has 1 aliphatic rings. The van der Waals surface area contributed by atoms with Gasteiger partial charge in [-0.15, -0.1) is 0 Å². The topological polar surface area (TPSA) is 59.2 Å². The highest BCUT2D eigenvalue weighted by molar-refractivity contribution is 5.99. The highest BCUT2D eigenvalue weighted by Crippen LogP contribution is 2.28. The molecule has 3 rings (SSSR count). The zero-order valence-corrected chi connectivity index (χ0v) is 14.9. The van der Waals surface area contributed by atoms with Crippen LogP contribution in [-0.2, 0) is 0 Å². The fourth-order valence-electron chi connectivity index (χ4n) is 3.50. The molecule has 128 valence electrons. The standard InChI is InChI=1S/C19H25N3O2/c1-12-5-6-17(13(2)11-12)18(23)16-7-9-22(10-8-16)14(3)19-20-15(4)21-24-19/h5-6,11,14,16H,7-10H2,1-4H3/t14-/m1/s1. The third-order valence-corrected chi connectivity index (χ3v) is 5.00. The van der Waals surface area contributed by atoms with Gasteiger partial charge in [-0.1, -0.05) is 28.9 Å². The number of aromatic nitrogens is 2. The number of hydrogen-bond acceptors (Lipinski definition) is 5. The van der Waals surface area contributed by atoms with Gasteiger partial charge in [-0.3, -0.25) is 9.69 Å². The lowest BCUT2D eigenvalue weighted by molar-refractivity contribution is 0.0774. The van der Waals surface area contributed by atoms with Crippen molar-refractivity contribution in [2.24, 2.45) is 5.92 Å². The van der Waals surface area contributed by atoms with Gasteiger partial charge in [-0.05, 0) is 59.2 Å². The first-order valence-electron chi connectivity index (χ1n) is 8.61. The highest BCUT2D eigenvalue weighted by atomic mass is 16.5. The van der Waals surface area contributed by atoms with Crippen molar-refractivity contribution in [3.8, 4) is 0 Å². The van der Waals surface area contributed by atoms with E-state index in [4.69, 9.17) is 4.52 Å². The SMILES string of the molecule is Cc1ccc(C(=O)C2CCN([C@H](C)c3nc(C)no3)CC2)c(C)c1. The quantitative estimate of drug-likeness (QED) is 0.802. The molecule has 0 unspecified atom stereocenters. The molecule has 1 atom stereocenters. The van der Waals surface area contributed by atoms with Gasteiger partial charge in [0.1, 0.15) is 0 Å². The van der Waals surface area contributed by atoms with Crippen LogP contribution in [0.4, 0.5) is 0 Å². The van der Waals surface area contributed by atoms with Crippen molar-refractivity contribution in [3.05, 3.63) is 46.6 Å². The number of ketones is 1. The number of piperidine rings is 1. The zero-order chi connectivity index (χ0) is 17.3. The molecule has 0 spiro atoms. The van der Waals surface area contributed by atoms with Crippen LogP contribution < -0.4 is 0 Å². The molecule has 0 radical (unpaired) electrons. The van der Waals surface area contributed by atoms with Gasteiger partial charge in [0.15, 0.2) is 11.6 Å². The number of carbonyl (C=O) groups excluding carboxylic acids is 1. The third-order valence-electron chi connectivity index (χ3n) is 5.00. The Morgan fingerprint density at radius 3 is 2.54 bits per heavy atom. The van der Waals surface area contributed by atoms with E-state index in [1.807, 2.05) is 26.0 Å². The van der Waals surface area contributed by atoms with Crippen molar-refractivity contribution in [2.45, 2.75) is 46.6 Å². The van der Waals surface area contributed by atoms with Crippen molar-refractivity contribution in [2.75, 3.05) is 13.1 Å². The lowest BCUT2D eigenvalue weighted by Crippen LogP contribution is -2.38. The van der Waals surface area contributed by atoms with Crippen molar-refractivity contribution >= 4 is 5.78 Å². The Bertz CT molecular complexity index is 730. The molecule has 0 amide bonds. The van der Waals surface area contributed by atoms with Crippen LogP contribution in [0.15, 0.2) is 22.7 Å². The monoisotopic (exact) mass is 327 g/mol. The molecule has 1 saturated heterocycles. The summed E-state index contributed by atoms with van der Waals surface area (Å²) in [5.74, 6) is 1.72. The molecular formula is C19H25N3O2. The molecule has 0 N–H and O–H groups in total. The summed E-state index contributed by atoms with van der Waals surface area (Å²) in [4.78, 5) is 19.5. The number of rotatable bonds is 4. The maximum Gasteiger partial charge on any atom is 0.243 e. The van der Waals surface area contributed by atoms with Gasteiger partial charge in [-0.2, -0.15) is 4.98 Å². The molecule has 2 heterocycles. The van der Waals surface area contributed by atoms with Crippen LogP contribution >= 0.6 is 0 Å². The minimum absolute atomic E-state index is 0.100. The number of aryl methyl sites for hydroxylation is 3. The van der Waals surface area contributed by atoms with E-state index in [0.29, 0.717) is 11.7 Å². The molecule has 2 aromatic rings. The normalized spacial score (nSPS) is 17.8. The number of hydrogen-bond donors (Lipinski definition) is 0. The molecular weight excluding hydrogens is 302 g/mol. The van der Waals surface area contributed by atoms with Crippen molar-refractivity contribution in [3.63, 3.8) is 0 Å². The van der Waals surface area contributed by atoms with E-state index in [9.17, 15) is 4.79 Å². The van der Waals surface area contributed by atoms with Crippen LogP contribution in [0.1, 0.15) is 59.0 Å². The first kappa shape index (κ1) is 16.8. The Morgan fingerprint density at radius 2 is 1.96 bits per heavy atom. The van der Waals surface area contributed by atoms with E-state index in [2.05, 4.69) is 35.0 Å². The minimum Gasteiger partial charge on any atom is -0.338 e. The third kappa shape index (κ3) is 3.41. The van der Waals surface area contributed by atoms with Gasteiger partial charge in [0, 0.05) is 11.5 Å². The summed E-state index contributed by atoms with van der Waals surface area (Å²) in [6, 6.07) is 6.18. The summed E-state index contributed by atoms with van der Waals surface area (Å²) in [6.45, 7) is 9.75. The molecule has 5 nitrogen and oxygen atoms in total. The van der Waals surface area contributed by atoms with E-state index < -0.39 is 0 Å². The summed E-state index contributed by atoms with van der Waals surface area (Å²) < 4.78 is 5.28. The van der Waals surface area contributed by atoms with Gasteiger partial charge in [0.25, 0.3) is 0 Å². The Labute approximate surface area is 143 Å². The lowest BCUT2D eigenvalue weighted by atomic mass is 9.86. The molecule has 0 aliphatic carbocycles. The molecule has 0 saturated carbocycles. The molecule has 1 aliphatic heterocycles. The summed E-state index contributed by atoms with van der Waals surface area (Å²) in [6.07, 6.45) is 1.76. The van der Waals surface area contributed by atoms with E-state index >= 15 is 0 Å². The minimum atomic E-state index is 0.100. The number of benzene rings is 1. The molecule has 1 aromatic carbocycles. The average molecular weight is 327 g/mol. The van der Waals surface area contributed by atoms with Crippen LogP contribution in [0.2, 0.25) is 0 Å². The predicted molar refractivity (Wildman–Crippen MR) is 92.0 cm³/mol. The number of Topliss-reactive ketones (excluding diaryl/α,β-unsaturated/α-hetero) is 1. The maximum absolute atomic E-state index is 12.8. The molecule has 5 heteroatoms. The summed E-state index contributed by atoms with van der Waals surface area (Å²) in [5, 5.41) is 3.87. The van der Waals surface area contributed by atoms with Crippen LogP contribution in [0.5, 0.6) is 0 Å². The summed E-state index contributed by atoms with van der Waals surface area (Å²) >= 11 is 0. The molecule has 1 fully saturated rings. The Hall–Kier alpha value is -2.01. The largest absolute Gasteiger partial charge is 0.338 e. The Morgan fingerprint density at radius 1 is 1.25 bits per heavy atom. The maximum atomic E-state index is 12.8. The van der Waals surface area contributed by atoms with Gasteiger partial charge in [-0.25, -0.2) is 0 Å². The zero-order valence-electron chi connectivity index (χ0n) is 14.9. The van der Waals surface area contributed by atoms with Crippen molar-refractivity contribution < 1.29 is 9.32 Å². The van der Waals surface area contributed by atoms with E-state index in [0.717, 1.165) is 37.1 Å². The second kappa shape index (κ2) is 6.85. The van der Waals surface area contributed by atoms with Gasteiger partial charge >= 0.3 is 0 Å². The van der Waals surface area contributed by atoms with E-state index in [1.165, 1.54) is 5.56 Å². The van der Waals surface area contributed by atoms with E-state index in [-0.39, 0.29) is 17.7 Å². The fraction of sp³-hybridized carbons (Fsp3) is 0.526. The first-order valence-corrected chi connectivity index (χ1v) is 8.61. The predicted octanol–water partition coefficient (Wildman–Crippen LogP) is 3.65. The van der Waals surface area contributed by atoms with Gasteiger partial charge in [0.05, 0.1) is 6.04 Å². The van der Waals surface area contributed by atoms with Crippen LogP contribution in [0.25, 0.3) is 0 Å². The summed E-state index contributed by atoms with van der Waals surface area (Å²) in [5.41, 5.74) is 3.15. The first-order chi connectivity index (χ1) is 11.5. The molecule has 24 heavy (non-hydrogen) atoms. The van der Waals surface area contributed by atoms with Gasteiger partial charge in [0.2, 0.25) is 5.89 Å². The number of nitrogens with zero attached hydrogens (tertiary/aromatic N) is 3. The van der Waals surface area contributed by atoms with Gasteiger partial charge < -0.3 is 4.52 Å². The second-order valence-electron chi connectivity index (χ2n) is 6.85. The highest BCUT2D eigenvalue weighted by Gasteiger charge is 2.30. The van der Waals surface area contributed by atoms with Crippen molar-refractivity contribution in [1.82, 2.24) is 15.0 Å². The van der Waals surface area contributed by atoms with Crippen molar-refractivity contribution in [1.29, 1.82) is 0 Å². The number of carbonyl (C=O) groups is 1.